The second-order valence-corrected chi connectivity index (χ2v) is 7.15. The third-order valence-corrected chi connectivity index (χ3v) is 4.01. The van der Waals surface area contributed by atoms with Crippen molar-refractivity contribution in [2.24, 2.45) is 0 Å². The maximum atomic E-state index is 12.1. The number of carbonyl (C=O) groups is 1. The van der Waals surface area contributed by atoms with Crippen LogP contribution < -0.4 is 10.5 Å². The zero-order valence-corrected chi connectivity index (χ0v) is 14.4. The van der Waals surface area contributed by atoms with Crippen LogP contribution in [0.25, 0.3) is 10.8 Å². The van der Waals surface area contributed by atoms with Gasteiger partial charge in [-0.05, 0) is 32.9 Å². The molecule has 2 N–H and O–H groups in total. The second-order valence-electron chi connectivity index (χ2n) is 7.15. The molecule has 0 bridgehead atoms. The fraction of sp³-hybridized carbons (Fsp3) is 0.421. The number of carbonyl (C=O) groups excluding carboxylic acids is 1. The Morgan fingerprint density at radius 1 is 1.17 bits per heavy atom. The van der Waals surface area contributed by atoms with E-state index < -0.39 is 5.60 Å². The molecule has 0 aromatic heterocycles. The van der Waals surface area contributed by atoms with Crippen molar-refractivity contribution in [3.63, 3.8) is 0 Å². The highest BCUT2D eigenvalue weighted by Gasteiger charge is 2.31. The summed E-state index contributed by atoms with van der Waals surface area (Å²) >= 11 is 0. The Bertz CT molecular complexity index is 752. The normalized spacial score (nSPS) is 18.0. The number of hydrogen-bond acceptors (Lipinski definition) is 4. The van der Waals surface area contributed by atoms with Crippen molar-refractivity contribution in [3.8, 4) is 5.75 Å². The lowest BCUT2D eigenvalue weighted by Crippen LogP contribution is -2.36. The lowest BCUT2D eigenvalue weighted by atomic mass is 10.1. The van der Waals surface area contributed by atoms with Gasteiger partial charge >= 0.3 is 6.09 Å². The van der Waals surface area contributed by atoms with Crippen molar-refractivity contribution in [2.45, 2.75) is 38.9 Å². The number of amides is 1. The molecule has 1 heterocycles. The average Bonchev–Trinajstić information content (AvgIpc) is 2.98. The highest BCUT2D eigenvalue weighted by molar-refractivity contribution is 5.97. The summed E-state index contributed by atoms with van der Waals surface area (Å²) in [6.45, 7) is 6.79. The van der Waals surface area contributed by atoms with E-state index in [-0.39, 0.29) is 12.2 Å². The Morgan fingerprint density at radius 2 is 1.88 bits per heavy atom. The van der Waals surface area contributed by atoms with E-state index in [0.717, 1.165) is 28.6 Å². The highest BCUT2D eigenvalue weighted by Crippen LogP contribution is 2.31. The van der Waals surface area contributed by atoms with Crippen LogP contribution in [-0.2, 0) is 4.74 Å². The number of likely N-dealkylation sites (tertiary alicyclic amines) is 1. The Morgan fingerprint density at radius 3 is 2.58 bits per heavy atom. The van der Waals surface area contributed by atoms with Crippen molar-refractivity contribution in [3.05, 3.63) is 36.4 Å². The minimum absolute atomic E-state index is 0.0375. The van der Waals surface area contributed by atoms with Crippen LogP contribution in [0.15, 0.2) is 36.4 Å². The minimum atomic E-state index is -0.483. The third kappa shape index (κ3) is 3.55. The van der Waals surface area contributed by atoms with Crippen molar-refractivity contribution >= 4 is 22.6 Å². The van der Waals surface area contributed by atoms with Gasteiger partial charge in [0.15, 0.2) is 0 Å². The number of rotatable bonds is 2. The van der Waals surface area contributed by atoms with E-state index in [9.17, 15) is 4.79 Å². The largest absolute Gasteiger partial charge is 0.488 e. The molecular weight excluding hydrogens is 304 g/mol. The number of hydrogen-bond donors (Lipinski definition) is 1. The van der Waals surface area contributed by atoms with Crippen LogP contribution in [-0.4, -0.2) is 35.8 Å². The van der Waals surface area contributed by atoms with Gasteiger partial charge < -0.3 is 20.1 Å². The smallest absolute Gasteiger partial charge is 0.410 e. The molecule has 1 fully saturated rings. The van der Waals surface area contributed by atoms with Gasteiger partial charge in [0.1, 0.15) is 17.5 Å². The van der Waals surface area contributed by atoms with E-state index >= 15 is 0 Å². The quantitative estimate of drug-likeness (QED) is 0.851. The van der Waals surface area contributed by atoms with Gasteiger partial charge in [-0.3, -0.25) is 0 Å². The molecule has 1 saturated heterocycles. The molecule has 1 atom stereocenters. The summed E-state index contributed by atoms with van der Waals surface area (Å²) < 4.78 is 11.6. The van der Waals surface area contributed by atoms with Gasteiger partial charge in [-0.15, -0.1) is 0 Å². The molecule has 1 aliphatic rings. The molecule has 2 aromatic rings. The van der Waals surface area contributed by atoms with Gasteiger partial charge in [0, 0.05) is 29.4 Å². The monoisotopic (exact) mass is 328 g/mol. The van der Waals surface area contributed by atoms with Gasteiger partial charge in [0.25, 0.3) is 0 Å². The predicted octanol–water partition coefficient (Wildman–Crippen LogP) is 3.81. The van der Waals surface area contributed by atoms with Crippen molar-refractivity contribution in [1.82, 2.24) is 4.90 Å². The fourth-order valence-corrected chi connectivity index (χ4v) is 2.89. The van der Waals surface area contributed by atoms with Crippen LogP contribution in [0.5, 0.6) is 5.75 Å². The first kappa shape index (κ1) is 16.4. The first-order chi connectivity index (χ1) is 11.3. The first-order valence-corrected chi connectivity index (χ1v) is 8.25. The molecule has 0 unspecified atom stereocenters. The predicted molar refractivity (Wildman–Crippen MR) is 95.2 cm³/mol. The zero-order valence-electron chi connectivity index (χ0n) is 14.4. The lowest BCUT2D eigenvalue weighted by molar-refractivity contribution is 0.0276. The summed E-state index contributed by atoms with van der Waals surface area (Å²) in [6, 6.07) is 11.7. The minimum Gasteiger partial charge on any atom is -0.488 e. The van der Waals surface area contributed by atoms with Crippen LogP contribution >= 0.6 is 0 Å². The molecule has 0 saturated carbocycles. The molecule has 128 valence electrons. The van der Waals surface area contributed by atoms with Crippen LogP contribution in [0, 0.1) is 0 Å². The molecule has 5 nitrogen and oxygen atoms in total. The summed E-state index contributed by atoms with van der Waals surface area (Å²) in [4.78, 5) is 13.9. The van der Waals surface area contributed by atoms with Crippen LogP contribution in [0.1, 0.15) is 27.2 Å². The molecule has 24 heavy (non-hydrogen) atoms. The molecule has 2 aromatic carbocycles. The summed E-state index contributed by atoms with van der Waals surface area (Å²) in [5, 5.41) is 1.98. The number of ether oxygens (including phenoxy) is 2. The number of fused-ring (bicyclic) bond motifs is 1. The standard InChI is InChI=1S/C19H24N2O3/c1-19(2,3)24-18(22)21-11-10-13(12-21)23-17-9-8-16(20)14-6-4-5-7-15(14)17/h4-9,13H,10-12,20H2,1-3H3/t13-/m0/s1. The summed E-state index contributed by atoms with van der Waals surface area (Å²) in [5.41, 5.74) is 6.28. The van der Waals surface area contributed by atoms with Crippen LogP contribution in [0.2, 0.25) is 0 Å². The van der Waals surface area contributed by atoms with Gasteiger partial charge in [-0.1, -0.05) is 24.3 Å². The molecule has 0 radical (unpaired) electrons. The van der Waals surface area contributed by atoms with E-state index in [0.29, 0.717) is 13.1 Å². The van der Waals surface area contributed by atoms with Gasteiger partial charge in [-0.25, -0.2) is 4.79 Å². The summed E-state index contributed by atoms with van der Waals surface area (Å²) in [6.07, 6.45) is 0.470. The molecular formula is C19H24N2O3. The number of anilines is 1. The Balaban J connectivity index is 1.70. The van der Waals surface area contributed by atoms with Gasteiger partial charge in [0.05, 0.1) is 6.54 Å². The SMILES string of the molecule is CC(C)(C)OC(=O)N1CC[C@H](Oc2ccc(N)c3ccccc23)C1. The Kier molecular flexibility index (Phi) is 4.26. The number of nitrogen functional groups attached to an aromatic ring is 1. The topological polar surface area (TPSA) is 64.8 Å². The first-order valence-electron chi connectivity index (χ1n) is 8.25. The fourth-order valence-electron chi connectivity index (χ4n) is 2.89. The number of benzene rings is 2. The van der Waals surface area contributed by atoms with E-state index in [1.165, 1.54) is 0 Å². The Labute approximate surface area is 142 Å². The van der Waals surface area contributed by atoms with E-state index in [4.69, 9.17) is 15.2 Å². The molecule has 0 spiro atoms. The molecule has 0 aliphatic carbocycles. The van der Waals surface area contributed by atoms with Gasteiger partial charge in [-0.2, -0.15) is 0 Å². The van der Waals surface area contributed by atoms with Crippen molar-refractivity contribution < 1.29 is 14.3 Å². The van der Waals surface area contributed by atoms with E-state index in [2.05, 4.69) is 0 Å². The molecule has 5 heteroatoms. The Hall–Kier alpha value is -2.43. The number of nitrogens with two attached hydrogens (primary N) is 1. The van der Waals surface area contributed by atoms with Crippen molar-refractivity contribution in [2.75, 3.05) is 18.8 Å². The van der Waals surface area contributed by atoms with E-state index in [1.807, 2.05) is 57.2 Å². The molecule has 3 rings (SSSR count). The summed E-state index contributed by atoms with van der Waals surface area (Å²) in [5.74, 6) is 0.802. The maximum absolute atomic E-state index is 12.1. The van der Waals surface area contributed by atoms with Crippen LogP contribution in [0.4, 0.5) is 10.5 Å². The third-order valence-electron chi connectivity index (χ3n) is 4.01. The van der Waals surface area contributed by atoms with Crippen molar-refractivity contribution in [1.29, 1.82) is 0 Å². The second kappa shape index (κ2) is 6.23. The average molecular weight is 328 g/mol. The lowest BCUT2D eigenvalue weighted by Gasteiger charge is -2.24. The molecule has 1 amide bonds. The van der Waals surface area contributed by atoms with Gasteiger partial charge in [0.2, 0.25) is 0 Å². The zero-order chi connectivity index (χ0) is 17.3. The summed E-state index contributed by atoms with van der Waals surface area (Å²) in [7, 11) is 0. The highest BCUT2D eigenvalue weighted by atomic mass is 16.6. The molecule has 1 aliphatic heterocycles. The van der Waals surface area contributed by atoms with E-state index in [1.54, 1.807) is 4.90 Å². The maximum Gasteiger partial charge on any atom is 0.410 e. The number of nitrogens with zero attached hydrogens (tertiary/aromatic N) is 1. The van der Waals surface area contributed by atoms with Crippen LogP contribution in [0.3, 0.4) is 0 Å².